The monoisotopic (exact) mass is 632 g/mol. The number of aliphatic imine (C=N–C) groups is 2. The van der Waals surface area contributed by atoms with Gasteiger partial charge in [0.25, 0.3) is 0 Å². The van der Waals surface area contributed by atoms with Crippen LogP contribution in [0.3, 0.4) is 0 Å². The Morgan fingerprint density at radius 3 is 1.59 bits per heavy atom. The van der Waals surface area contributed by atoms with Crippen LogP contribution in [-0.4, -0.2) is 23.0 Å². The van der Waals surface area contributed by atoms with Crippen LogP contribution in [0.1, 0.15) is 51.3 Å². The number of carbonyl (C=O) groups excluding carboxylic acids is 2. The molecule has 0 atom stereocenters. The van der Waals surface area contributed by atoms with Gasteiger partial charge in [-0.2, -0.15) is 21.0 Å². The molecule has 2 aromatic heterocycles. The van der Waals surface area contributed by atoms with Crippen LogP contribution in [0.4, 0.5) is 10.0 Å². The summed E-state index contributed by atoms with van der Waals surface area (Å²) in [7, 11) is 0. The molecule has 0 fully saturated rings. The first-order valence-corrected chi connectivity index (χ1v) is 15.4. The van der Waals surface area contributed by atoms with E-state index in [9.17, 15) is 30.6 Å². The minimum atomic E-state index is -0.798. The van der Waals surface area contributed by atoms with E-state index in [0.717, 1.165) is 15.3 Å². The van der Waals surface area contributed by atoms with E-state index in [1.54, 1.807) is 54.6 Å². The normalized spacial score (nSPS) is 16.8. The van der Waals surface area contributed by atoms with Crippen LogP contribution in [0.5, 0.6) is 5.75 Å². The van der Waals surface area contributed by atoms with Crippen molar-refractivity contribution in [2.24, 2.45) is 9.98 Å². The highest BCUT2D eigenvalue weighted by Gasteiger charge is 2.39. The first kappa shape index (κ1) is 28.5. The molecule has 11 heteroatoms. The number of fused-ring (bicyclic) bond motifs is 5. The fourth-order valence-corrected chi connectivity index (χ4v) is 8.08. The molecule has 216 valence electrons. The second-order valence-corrected chi connectivity index (χ2v) is 12.9. The van der Waals surface area contributed by atoms with Gasteiger partial charge >= 0.3 is 0 Å². The van der Waals surface area contributed by atoms with Gasteiger partial charge in [0.15, 0.2) is 0 Å². The van der Waals surface area contributed by atoms with Gasteiger partial charge in [-0.3, -0.25) is 9.59 Å². The Morgan fingerprint density at radius 2 is 1.11 bits per heavy atom. The number of allylic oxidation sites excluding steroid dienone is 4. The Balaban J connectivity index is 1.35. The molecule has 2 aromatic carbocycles. The molecular weight excluding hydrogens is 617 g/mol. The number of hydrogen-bond acceptors (Lipinski definition) is 11. The third kappa shape index (κ3) is 4.16. The van der Waals surface area contributed by atoms with Gasteiger partial charge < -0.3 is 4.74 Å². The van der Waals surface area contributed by atoms with Crippen molar-refractivity contribution in [1.29, 1.82) is 21.0 Å². The van der Waals surface area contributed by atoms with Gasteiger partial charge in [-0.1, -0.05) is 48.5 Å². The number of carbonyl (C=O) groups is 2. The summed E-state index contributed by atoms with van der Waals surface area (Å²) in [4.78, 5) is 37.8. The molecule has 46 heavy (non-hydrogen) atoms. The van der Waals surface area contributed by atoms with Crippen LogP contribution in [0.15, 0.2) is 81.8 Å². The van der Waals surface area contributed by atoms with Gasteiger partial charge in [0.1, 0.15) is 68.2 Å². The molecule has 2 aliphatic carbocycles. The van der Waals surface area contributed by atoms with E-state index in [1.165, 1.54) is 22.7 Å². The Kier molecular flexibility index (Phi) is 6.47. The Bertz CT molecular complexity index is 2380. The summed E-state index contributed by atoms with van der Waals surface area (Å²) in [5, 5.41) is 39.6. The molecule has 0 saturated heterocycles. The molecule has 7 rings (SSSR count). The zero-order valence-corrected chi connectivity index (χ0v) is 25.6. The number of benzene rings is 2. The Morgan fingerprint density at radius 1 is 0.674 bits per heavy atom. The van der Waals surface area contributed by atoms with Crippen molar-refractivity contribution in [2.75, 3.05) is 0 Å². The summed E-state index contributed by atoms with van der Waals surface area (Å²) in [6.07, 6.45) is 0. The predicted molar refractivity (Wildman–Crippen MR) is 173 cm³/mol. The summed E-state index contributed by atoms with van der Waals surface area (Å²) in [5.74, 6) is -0.208. The van der Waals surface area contributed by atoms with Crippen molar-refractivity contribution in [3.05, 3.63) is 99.6 Å². The lowest BCUT2D eigenvalue weighted by atomic mass is 9.95. The molecule has 0 spiro atoms. The summed E-state index contributed by atoms with van der Waals surface area (Å²) >= 11 is 2.61. The molecule has 4 aromatic rings. The zero-order valence-electron chi connectivity index (χ0n) is 24.0. The maximum absolute atomic E-state index is 13.4. The number of nitriles is 4. The van der Waals surface area contributed by atoms with E-state index in [-0.39, 0.29) is 45.3 Å². The standard InChI is InChI=1S/C35H16N6O3S2/c1-35(2)23-11-25(40-29-27(17(13-36)14-37)19-7-3-5-9-21(19)31(29)42)45-33(23)34-24(44-35)12-26(46-34)41-30-28(18(15-38)16-39)20-8-4-6-10-22(20)32(30)43/h3-12H,1-2H3. The second kappa shape index (κ2) is 10.4. The van der Waals surface area contributed by atoms with Gasteiger partial charge in [0, 0.05) is 33.9 Å². The van der Waals surface area contributed by atoms with Gasteiger partial charge in [0.05, 0.1) is 9.75 Å². The average molecular weight is 633 g/mol. The van der Waals surface area contributed by atoms with Crippen molar-refractivity contribution in [3.8, 4) is 39.8 Å². The molecular formula is C35H16N6O3S2. The topological polar surface area (TPSA) is 163 Å². The minimum absolute atomic E-state index is 0.0140. The van der Waals surface area contributed by atoms with Crippen molar-refractivity contribution >= 4 is 66.8 Å². The lowest BCUT2D eigenvalue weighted by molar-refractivity contribution is 0.106. The summed E-state index contributed by atoms with van der Waals surface area (Å²) in [6.45, 7) is 3.80. The number of Topliss-reactive ketones (excluding diaryl/α,β-unsaturated/α-hetero) is 2. The molecule has 9 nitrogen and oxygen atoms in total. The smallest absolute Gasteiger partial charge is 0.212 e. The lowest BCUT2D eigenvalue weighted by Crippen LogP contribution is -2.27. The molecule has 0 amide bonds. The van der Waals surface area contributed by atoms with Crippen LogP contribution in [-0.2, 0) is 5.60 Å². The number of ketones is 2. The van der Waals surface area contributed by atoms with Crippen LogP contribution in [0.2, 0.25) is 0 Å². The second-order valence-electron chi connectivity index (χ2n) is 10.8. The van der Waals surface area contributed by atoms with Crippen LogP contribution >= 0.6 is 22.7 Å². The van der Waals surface area contributed by atoms with Gasteiger partial charge in [-0.05, 0) is 31.0 Å². The molecule has 0 bridgehead atoms. The number of nitrogens with zero attached hydrogens (tertiary/aromatic N) is 6. The highest BCUT2D eigenvalue weighted by Crippen LogP contribution is 2.56. The van der Waals surface area contributed by atoms with Gasteiger partial charge in [-0.15, -0.1) is 22.7 Å². The largest absolute Gasteiger partial charge is 0.481 e. The average Bonchev–Trinajstić information content (AvgIpc) is 3.80. The molecule has 0 radical (unpaired) electrons. The van der Waals surface area contributed by atoms with E-state index in [2.05, 4.69) is 4.99 Å². The van der Waals surface area contributed by atoms with E-state index >= 15 is 0 Å². The Labute approximate surface area is 270 Å². The van der Waals surface area contributed by atoms with Crippen molar-refractivity contribution in [1.82, 2.24) is 0 Å². The van der Waals surface area contributed by atoms with Crippen molar-refractivity contribution in [2.45, 2.75) is 19.4 Å². The molecule has 3 heterocycles. The summed E-state index contributed by atoms with van der Waals surface area (Å²) in [5.41, 5.74) is 1.81. The number of rotatable bonds is 2. The third-order valence-electron chi connectivity index (χ3n) is 7.80. The van der Waals surface area contributed by atoms with Crippen LogP contribution < -0.4 is 4.74 Å². The molecule has 3 aliphatic rings. The summed E-state index contributed by atoms with van der Waals surface area (Å²) < 4.78 is 6.38. The first-order chi connectivity index (χ1) is 22.2. The molecule has 0 unspecified atom stereocenters. The van der Waals surface area contributed by atoms with Crippen molar-refractivity contribution < 1.29 is 14.3 Å². The number of ether oxygens (including phenoxy) is 1. The lowest BCUT2D eigenvalue weighted by Gasteiger charge is -2.30. The van der Waals surface area contributed by atoms with Crippen LogP contribution in [0.25, 0.3) is 20.9 Å². The van der Waals surface area contributed by atoms with Gasteiger partial charge in [-0.25, -0.2) is 9.98 Å². The summed E-state index contributed by atoms with van der Waals surface area (Å²) in [6, 6.07) is 24.7. The maximum atomic E-state index is 13.4. The molecule has 0 N–H and O–H groups in total. The van der Waals surface area contributed by atoms with Crippen LogP contribution in [0, 0.1) is 45.3 Å². The SMILES string of the molecule is CC1(C)Oc2cc(N=C3C(=O)c4ccccc4C3=C(C#N)C#N)sc2-c2sc(N=C3C(=O)c4ccccc4C3=C(C#N)C#N)cc21. The minimum Gasteiger partial charge on any atom is -0.481 e. The number of thiophene rings is 2. The van der Waals surface area contributed by atoms with Gasteiger partial charge in [0.2, 0.25) is 11.6 Å². The van der Waals surface area contributed by atoms with E-state index in [0.29, 0.717) is 38.0 Å². The van der Waals surface area contributed by atoms with E-state index in [4.69, 9.17) is 9.73 Å². The zero-order chi connectivity index (χ0) is 32.3. The van der Waals surface area contributed by atoms with Crippen molar-refractivity contribution in [3.63, 3.8) is 0 Å². The third-order valence-corrected chi connectivity index (χ3v) is 10.0. The quantitative estimate of drug-likeness (QED) is 0.205. The predicted octanol–water partition coefficient (Wildman–Crippen LogP) is 7.64. The highest BCUT2D eigenvalue weighted by atomic mass is 32.1. The Hall–Kier alpha value is -6.24. The fourth-order valence-electron chi connectivity index (χ4n) is 5.78. The highest BCUT2D eigenvalue weighted by molar-refractivity contribution is 7.26. The molecule has 1 aliphatic heterocycles. The first-order valence-electron chi connectivity index (χ1n) is 13.7. The van der Waals surface area contributed by atoms with E-state index < -0.39 is 5.60 Å². The molecule has 0 saturated carbocycles. The number of hydrogen-bond donors (Lipinski definition) is 0. The fraction of sp³-hybridized carbons (Fsp3) is 0.0857. The maximum Gasteiger partial charge on any atom is 0.212 e. The van der Waals surface area contributed by atoms with E-state index in [1.807, 2.05) is 44.2 Å².